The molecule has 3 rings (SSSR count). The normalized spacial score (nSPS) is 15.9. The summed E-state index contributed by atoms with van der Waals surface area (Å²) in [4.78, 5) is 16.2. The molecule has 0 saturated carbocycles. The van der Waals surface area contributed by atoms with Crippen molar-refractivity contribution in [1.82, 2.24) is 4.98 Å². The van der Waals surface area contributed by atoms with Gasteiger partial charge in [0.15, 0.2) is 5.78 Å². The molecule has 0 bridgehead atoms. The molecule has 1 aliphatic rings. The molecule has 0 spiro atoms. The first-order valence-corrected chi connectivity index (χ1v) is 5.85. The van der Waals surface area contributed by atoms with Crippen molar-refractivity contribution in [3.8, 4) is 0 Å². The van der Waals surface area contributed by atoms with Crippen molar-refractivity contribution < 1.29 is 4.79 Å². The molecule has 0 N–H and O–H groups in total. The molecule has 0 radical (unpaired) electrons. The number of fused-ring (bicyclic) bond motifs is 1. The highest BCUT2D eigenvalue weighted by atomic mass is 16.1. The Labute approximate surface area is 100.0 Å². The first kappa shape index (κ1) is 10.2. The van der Waals surface area contributed by atoms with Gasteiger partial charge >= 0.3 is 0 Å². The van der Waals surface area contributed by atoms with Gasteiger partial charge in [-0.2, -0.15) is 0 Å². The number of rotatable bonds is 1. The molecule has 2 aromatic rings. The maximum Gasteiger partial charge on any atom is 0.159 e. The van der Waals surface area contributed by atoms with Crippen LogP contribution in [0.3, 0.4) is 0 Å². The summed E-state index contributed by atoms with van der Waals surface area (Å²) in [6, 6.07) is 12.1. The number of hydrogen-bond acceptors (Lipinski definition) is 2. The fourth-order valence-corrected chi connectivity index (χ4v) is 2.34. The molecule has 0 fully saturated rings. The minimum Gasteiger partial charge on any atom is -0.295 e. The largest absolute Gasteiger partial charge is 0.295 e. The Hall–Kier alpha value is -1.96. The number of ketones is 1. The third-order valence-electron chi connectivity index (χ3n) is 3.38. The number of hydrogen-bond donors (Lipinski definition) is 0. The predicted molar refractivity (Wildman–Crippen MR) is 68.6 cm³/mol. The SMILES string of the molecule is CC1=C(c2ccc3ccccc3n2)CCC1=O. The Balaban J connectivity index is 2.16. The minimum atomic E-state index is 0.259. The fraction of sp³-hybridized carbons (Fsp3) is 0.200. The second-order valence-corrected chi connectivity index (χ2v) is 4.42. The zero-order chi connectivity index (χ0) is 11.8. The lowest BCUT2D eigenvalue weighted by Gasteiger charge is -2.04. The van der Waals surface area contributed by atoms with Crippen molar-refractivity contribution in [1.29, 1.82) is 0 Å². The van der Waals surface area contributed by atoms with E-state index in [0.29, 0.717) is 6.42 Å². The van der Waals surface area contributed by atoms with Crippen molar-refractivity contribution in [2.24, 2.45) is 0 Å². The molecule has 17 heavy (non-hydrogen) atoms. The molecule has 0 unspecified atom stereocenters. The minimum absolute atomic E-state index is 0.259. The van der Waals surface area contributed by atoms with Gasteiger partial charge in [0.1, 0.15) is 0 Å². The molecule has 0 aliphatic heterocycles. The van der Waals surface area contributed by atoms with Crippen LogP contribution in [0.25, 0.3) is 16.5 Å². The van der Waals surface area contributed by atoms with Gasteiger partial charge in [0.2, 0.25) is 0 Å². The molecule has 1 aromatic carbocycles. The van der Waals surface area contributed by atoms with Crippen LogP contribution in [0.15, 0.2) is 42.0 Å². The van der Waals surface area contributed by atoms with Crippen molar-refractivity contribution in [3.05, 3.63) is 47.7 Å². The van der Waals surface area contributed by atoms with Crippen LogP contribution in [0.1, 0.15) is 25.5 Å². The maximum absolute atomic E-state index is 11.5. The second-order valence-electron chi connectivity index (χ2n) is 4.42. The number of aromatic nitrogens is 1. The van der Waals surface area contributed by atoms with Crippen LogP contribution in [0.4, 0.5) is 0 Å². The van der Waals surface area contributed by atoms with E-state index >= 15 is 0 Å². The Morgan fingerprint density at radius 3 is 2.65 bits per heavy atom. The van der Waals surface area contributed by atoms with Gasteiger partial charge in [0.25, 0.3) is 0 Å². The average Bonchev–Trinajstić information content (AvgIpc) is 2.70. The van der Waals surface area contributed by atoms with E-state index in [4.69, 9.17) is 0 Å². The summed E-state index contributed by atoms with van der Waals surface area (Å²) in [5.74, 6) is 0.259. The van der Waals surface area contributed by atoms with Gasteiger partial charge in [0.05, 0.1) is 11.2 Å². The highest BCUT2D eigenvalue weighted by Crippen LogP contribution is 2.30. The van der Waals surface area contributed by atoms with Crippen molar-refractivity contribution >= 4 is 22.3 Å². The molecule has 0 amide bonds. The second kappa shape index (κ2) is 3.81. The van der Waals surface area contributed by atoms with Gasteiger partial charge in [-0.25, -0.2) is 4.98 Å². The van der Waals surface area contributed by atoms with E-state index in [1.807, 2.05) is 37.3 Å². The maximum atomic E-state index is 11.5. The number of benzene rings is 1. The lowest BCUT2D eigenvalue weighted by atomic mass is 10.1. The monoisotopic (exact) mass is 223 g/mol. The number of carbonyl (C=O) groups is 1. The van der Waals surface area contributed by atoms with Crippen molar-refractivity contribution in [2.75, 3.05) is 0 Å². The van der Waals surface area contributed by atoms with Crippen LogP contribution in [0.2, 0.25) is 0 Å². The van der Waals surface area contributed by atoms with Crippen LogP contribution >= 0.6 is 0 Å². The standard InChI is InChI=1S/C15H13NO/c1-10-12(7-9-15(10)17)14-8-6-11-4-2-3-5-13(11)16-14/h2-6,8H,7,9H2,1H3. The van der Waals surface area contributed by atoms with Crippen LogP contribution in [0.5, 0.6) is 0 Å². The molecule has 2 nitrogen and oxygen atoms in total. The Bertz CT molecular complexity index is 640. The molecule has 1 aromatic heterocycles. The molecule has 84 valence electrons. The Morgan fingerprint density at radius 1 is 1.06 bits per heavy atom. The first-order chi connectivity index (χ1) is 8.25. The highest BCUT2D eigenvalue weighted by Gasteiger charge is 2.21. The van der Waals surface area contributed by atoms with Crippen LogP contribution in [0, 0.1) is 0 Å². The summed E-state index contributed by atoms with van der Waals surface area (Å²) in [5.41, 5.74) is 3.94. The molecular formula is C15H13NO. The van der Waals surface area contributed by atoms with Crippen LogP contribution in [-0.2, 0) is 4.79 Å². The van der Waals surface area contributed by atoms with Gasteiger partial charge in [-0.1, -0.05) is 24.3 Å². The number of Topliss-reactive ketones (excluding diaryl/α,β-unsaturated/α-hetero) is 1. The fourth-order valence-electron chi connectivity index (χ4n) is 2.34. The molecular weight excluding hydrogens is 210 g/mol. The van der Waals surface area contributed by atoms with Crippen LogP contribution in [-0.4, -0.2) is 10.8 Å². The molecule has 1 aliphatic carbocycles. The molecule has 2 heteroatoms. The van der Waals surface area contributed by atoms with Gasteiger partial charge in [-0.05, 0) is 36.6 Å². The van der Waals surface area contributed by atoms with Gasteiger partial charge in [-0.15, -0.1) is 0 Å². The Morgan fingerprint density at radius 2 is 1.88 bits per heavy atom. The summed E-state index contributed by atoms with van der Waals surface area (Å²) in [5, 5.41) is 1.14. The number of nitrogens with zero attached hydrogens (tertiary/aromatic N) is 1. The van der Waals surface area contributed by atoms with E-state index in [1.54, 1.807) is 0 Å². The Kier molecular flexibility index (Phi) is 2.29. The summed E-state index contributed by atoms with van der Waals surface area (Å²) in [6.07, 6.45) is 1.46. The first-order valence-electron chi connectivity index (χ1n) is 5.85. The number of allylic oxidation sites excluding steroid dienone is 2. The van der Waals surface area contributed by atoms with Gasteiger partial charge in [0, 0.05) is 11.8 Å². The zero-order valence-electron chi connectivity index (χ0n) is 9.73. The molecule has 0 atom stereocenters. The van der Waals surface area contributed by atoms with E-state index in [2.05, 4.69) is 11.1 Å². The highest BCUT2D eigenvalue weighted by molar-refractivity contribution is 6.06. The smallest absolute Gasteiger partial charge is 0.159 e. The third-order valence-corrected chi connectivity index (χ3v) is 3.38. The number of carbonyl (C=O) groups excluding carboxylic acids is 1. The predicted octanol–water partition coefficient (Wildman–Crippen LogP) is 3.37. The quantitative estimate of drug-likeness (QED) is 0.741. The number of pyridine rings is 1. The lowest BCUT2D eigenvalue weighted by Crippen LogP contribution is -1.92. The lowest BCUT2D eigenvalue weighted by molar-refractivity contribution is -0.114. The summed E-state index contributed by atoms with van der Waals surface area (Å²) in [7, 11) is 0. The molecule has 1 heterocycles. The summed E-state index contributed by atoms with van der Waals surface area (Å²) >= 11 is 0. The average molecular weight is 223 g/mol. The summed E-state index contributed by atoms with van der Waals surface area (Å²) < 4.78 is 0. The van der Waals surface area contributed by atoms with E-state index in [-0.39, 0.29) is 5.78 Å². The van der Waals surface area contributed by atoms with E-state index < -0.39 is 0 Å². The zero-order valence-corrected chi connectivity index (χ0v) is 9.73. The van der Waals surface area contributed by atoms with Gasteiger partial charge in [-0.3, -0.25) is 4.79 Å². The van der Waals surface area contributed by atoms with E-state index in [9.17, 15) is 4.79 Å². The van der Waals surface area contributed by atoms with Crippen LogP contribution < -0.4 is 0 Å². The van der Waals surface area contributed by atoms with Gasteiger partial charge < -0.3 is 0 Å². The summed E-state index contributed by atoms with van der Waals surface area (Å²) in [6.45, 7) is 1.90. The topological polar surface area (TPSA) is 30.0 Å². The molecule has 0 saturated heterocycles. The van der Waals surface area contributed by atoms with Crippen molar-refractivity contribution in [3.63, 3.8) is 0 Å². The number of para-hydroxylation sites is 1. The van der Waals surface area contributed by atoms with Crippen molar-refractivity contribution in [2.45, 2.75) is 19.8 Å². The third kappa shape index (κ3) is 1.66. The van der Waals surface area contributed by atoms with E-state index in [0.717, 1.165) is 34.2 Å². The van der Waals surface area contributed by atoms with E-state index in [1.165, 1.54) is 0 Å².